The number of benzene rings is 2. The first-order valence-electron chi connectivity index (χ1n) is 9.30. The van der Waals surface area contributed by atoms with Crippen LogP contribution in [0.2, 0.25) is 5.02 Å². The Labute approximate surface area is 169 Å². The van der Waals surface area contributed by atoms with E-state index in [1.807, 2.05) is 13.0 Å². The van der Waals surface area contributed by atoms with Crippen LogP contribution in [-0.2, 0) is 4.79 Å². The number of likely N-dealkylation sites (tertiary alicyclic amines) is 1. The Balaban J connectivity index is 1.64. The third-order valence-electron chi connectivity index (χ3n) is 4.68. The Kier molecular flexibility index (Phi) is 6.54. The van der Waals surface area contributed by atoms with E-state index in [9.17, 15) is 14.7 Å². The number of carbonyl (C=O) groups is 2. The van der Waals surface area contributed by atoms with Crippen LogP contribution in [0.25, 0.3) is 0 Å². The van der Waals surface area contributed by atoms with E-state index >= 15 is 0 Å². The smallest absolute Gasteiger partial charge is 0.256 e. The number of β-amino-alcohol motifs (C(OH)–C–C–N with tert-alkyl or cyclic N) is 1. The topological polar surface area (TPSA) is 81.7 Å². The van der Waals surface area contributed by atoms with Crippen molar-refractivity contribution in [1.82, 2.24) is 4.90 Å². The highest BCUT2D eigenvalue weighted by molar-refractivity contribution is 6.33. The number of halogens is 1. The van der Waals surface area contributed by atoms with Gasteiger partial charge in [-0.15, -0.1) is 0 Å². The predicted molar refractivity (Wildman–Crippen MR) is 111 cm³/mol. The molecule has 0 aliphatic carbocycles. The number of hydrogen-bond donors (Lipinski definition) is 3. The second-order valence-corrected chi connectivity index (χ2v) is 7.39. The van der Waals surface area contributed by atoms with Crippen molar-refractivity contribution in [3.63, 3.8) is 0 Å². The molecule has 1 unspecified atom stereocenters. The molecule has 1 aliphatic rings. The van der Waals surface area contributed by atoms with E-state index in [1.54, 1.807) is 41.3 Å². The zero-order chi connectivity index (χ0) is 20.1. The second kappa shape index (κ2) is 9.08. The van der Waals surface area contributed by atoms with Gasteiger partial charge in [0.25, 0.3) is 5.91 Å². The van der Waals surface area contributed by atoms with Gasteiger partial charge in [0, 0.05) is 18.8 Å². The zero-order valence-electron chi connectivity index (χ0n) is 15.7. The predicted octanol–water partition coefficient (Wildman–Crippen LogP) is 3.30. The molecule has 1 aliphatic heterocycles. The molecule has 0 aromatic heterocycles. The van der Waals surface area contributed by atoms with Gasteiger partial charge in [-0.3, -0.25) is 9.59 Å². The third kappa shape index (κ3) is 5.03. The molecule has 0 radical (unpaired) electrons. The van der Waals surface area contributed by atoms with Crippen LogP contribution < -0.4 is 10.6 Å². The van der Waals surface area contributed by atoms with Crippen LogP contribution in [0.5, 0.6) is 0 Å². The number of aliphatic hydroxyl groups is 1. The molecule has 2 amide bonds. The Morgan fingerprint density at radius 1 is 1.21 bits per heavy atom. The van der Waals surface area contributed by atoms with Crippen LogP contribution in [0, 0.1) is 6.92 Å². The Morgan fingerprint density at radius 2 is 2.00 bits per heavy atom. The van der Waals surface area contributed by atoms with Gasteiger partial charge in [0.15, 0.2) is 0 Å². The van der Waals surface area contributed by atoms with Gasteiger partial charge < -0.3 is 20.6 Å². The van der Waals surface area contributed by atoms with Crippen LogP contribution in [0.1, 0.15) is 28.8 Å². The lowest BCUT2D eigenvalue weighted by Crippen LogP contribution is -2.42. The van der Waals surface area contributed by atoms with Crippen LogP contribution in [-0.4, -0.2) is 47.6 Å². The molecular weight excluding hydrogens is 378 g/mol. The average molecular weight is 402 g/mol. The highest BCUT2D eigenvalue weighted by atomic mass is 35.5. The maximum atomic E-state index is 12.8. The maximum Gasteiger partial charge on any atom is 0.256 e. The monoisotopic (exact) mass is 401 g/mol. The Morgan fingerprint density at radius 3 is 2.75 bits per heavy atom. The minimum atomic E-state index is -0.483. The van der Waals surface area contributed by atoms with Crippen molar-refractivity contribution in [1.29, 1.82) is 0 Å². The third-order valence-corrected chi connectivity index (χ3v) is 4.99. The molecule has 2 aromatic carbocycles. The summed E-state index contributed by atoms with van der Waals surface area (Å²) in [6.45, 7) is 2.88. The van der Waals surface area contributed by atoms with Crippen molar-refractivity contribution in [2.75, 3.05) is 30.3 Å². The van der Waals surface area contributed by atoms with E-state index in [1.165, 1.54) is 0 Å². The van der Waals surface area contributed by atoms with E-state index in [-0.39, 0.29) is 18.4 Å². The fourth-order valence-corrected chi connectivity index (χ4v) is 3.51. The summed E-state index contributed by atoms with van der Waals surface area (Å²) in [5.41, 5.74) is 2.62. The molecule has 0 bridgehead atoms. The summed E-state index contributed by atoms with van der Waals surface area (Å²) in [5, 5.41) is 16.1. The van der Waals surface area contributed by atoms with Gasteiger partial charge in [-0.05, 0) is 49.6 Å². The van der Waals surface area contributed by atoms with E-state index < -0.39 is 6.10 Å². The largest absolute Gasteiger partial charge is 0.391 e. The van der Waals surface area contributed by atoms with Crippen molar-refractivity contribution in [2.24, 2.45) is 0 Å². The molecule has 2 aromatic rings. The van der Waals surface area contributed by atoms with Crippen LogP contribution in [0.15, 0.2) is 42.5 Å². The first kappa shape index (κ1) is 20.2. The molecular formula is C21H24ClN3O3. The summed E-state index contributed by atoms with van der Waals surface area (Å²) >= 11 is 6.15. The molecule has 1 fully saturated rings. The minimum Gasteiger partial charge on any atom is -0.391 e. The molecule has 1 saturated heterocycles. The van der Waals surface area contributed by atoms with Crippen molar-refractivity contribution in [2.45, 2.75) is 25.9 Å². The number of rotatable bonds is 5. The number of carbonyl (C=O) groups excluding carboxylic acids is 2. The number of aliphatic hydroxyl groups excluding tert-OH is 1. The number of para-hydroxylation sites is 1. The SMILES string of the molecule is Cc1ccc(NC(=O)CNc2ccccc2C(=O)N2CCCC(O)C2)c(Cl)c1. The normalized spacial score (nSPS) is 16.5. The van der Waals surface area contributed by atoms with Crippen molar-refractivity contribution < 1.29 is 14.7 Å². The highest BCUT2D eigenvalue weighted by Gasteiger charge is 2.24. The number of nitrogens with one attached hydrogen (secondary N) is 2. The maximum absolute atomic E-state index is 12.8. The molecule has 3 rings (SSSR count). The van der Waals surface area contributed by atoms with E-state index in [0.29, 0.717) is 41.5 Å². The number of nitrogens with zero attached hydrogens (tertiary/aromatic N) is 1. The molecule has 1 heterocycles. The van der Waals surface area contributed by atoms with Gasteiger partial charge in [-0.25, -0.2) is 0 Å². The molecule has 1 atom stereocenters. The molecule has 28 heavy (non-hydrogen) atoms. The van der Waals surface area contributed by atoms with Crippen molar-refractivity contribution in [3.05, 3.63) is 58.6 Å². The summed E-state index contributed by atoms with van der Waals surface area (Å²) in [4.78, 5) is 26.8. The number of amides is 2. The summed E-state index contributed by atoms with van der Waals surface area (Å²) in [6, 6.07) is 12.5. The van der Waals surface area contributed by atoms with Crippen molar-refractivity contribution in [3.8, 4) is 0 Å². The van der Waals surface area contributed by atoms with Gasteiger partial charge in [0.05, 0.1) is 28.9 Å². The van der Waals surface area contributed by atoms with Gasteiger partial charge in [0.1, 0.15) is 0 Å². The minimum absolute atomic E-state index is 0.00285. The van der Waals surface area contributed by atoms with E-state index in [4.69, 9.17) is 11.6 Å². The van der Waals surface area contributed by atoms with Crippen LogP contribution in [0.3, 0.4) is 0 Å². The Hall–Kier alpha value is -2.57. The van der Waals surface area contributed by atoms with Crippen LogP contribution >= 0.6 is 11.6 Å². The molecule has 148 valence electrons. The average Bonchev–Trinajstić information content (AvgIpc) is 2.68. The van der Waals surface area contributed by atoms with Gasteiger partial charge in [0.2, 0.25) is 5.91 Å². The van der Waals surface area contributed by atoms with E-state index in [0.717, 1.165) is 12.0 Å². The summed E-state index contributed by atoms with van der Waals surface area (Å²) in [5.74, 6) is -0.412. The van der Waals surface area contributed by atoms with Gasteiger partial charge in [-0.1, -0.05) is 29.8 Å². The molecule has 7 heteroatoms. The molecule has 0 spiro atoms. The molecule has 3 N–H and O–H groups in total. The standard InChI is InChI=1S/C21H24ClN3O3/c1-14-8-9-19(17(22)11-14)24-20(27)12-23-18-7-3-2-6-16(18)21(28)25-10-4-5-15(26)13-25/h2-3,6-9,11,15,23,26H,4-5,10,12-13H2,1H3,(H,24,27). The molecule has 6 nitrogen and oxygen atoms in total. The van der Waals surface area contributed by atoms with Crippen molar-refractivity contribution >= 4 is 34.8 Å². The van der Waals surface area contributed by atoms with E-state index in [2.05, 4.69) is 10.6 Å². The fraction of sp³-hybridized carbons (Fsp3) is 0.333. The zero-order valence-corrected chi connectivity index (χ0v) is 16.5. The van der Waals surface area contributed by atoms with Gasteiger partial charge >= 0.3 is 0 Å². The summed E-state index contributed by atoms with van der Waals surface area (Å²) in [6.07, 6.45) is 1.01. The number of piperidine rings is 1. The molecule has 0 saturated carbocycles. The lowest BCUT2D eigenvalue weighted by atomic mass is 10.1. The lowest BCUT2D eigenvalue weighted by molar-refractivity contribution is -0.114. The summed E-state index contributed by atoms with van der Waals surface area (Å²) in [7, 11) is 0. The lowest BCUT2D eigenvalue weighted by Gasteiger charge is -2.30. The summed E-state index contributed by atoms with van der Waals surface area (Å²) < 4.78 is 0. The quantitative estimate of drug-likeness (QED) is 0.718. The first-order valence-corrected chi connectivity index (χ1v) is 9.68. The fourth-order valence-electron chi connectivity index (χ4n) is 3.22. The Bertz CT molecular complexity index is 872. The highest BCUT2D eigenvalue weighted by Crippen LogP contribution is 2.23. The van der Waals surface area contributed by atoms with Gasteiger partial charge in [-0.2, -0.15) is 0 Å². The van der Waals surface area contributed by atoms with Crippen LogP contribution in [0.4, 0.5) is 11.4 Å². The number of aryl methyl sites for hydroxylation is 1. The number of anilines is 2. The first-order chi connectivity index (χ1) is 13.4. The number of hydrogen-bond acceptors (Lipinski definition) is 4. The second-order valence-electron chi connectivity index (χ2n) is 6.98.